The van der Waals surface area contributed by atoms with Gasteiger partial charge >= 0.3 is 0 Å². The van der Waals surface area contributed by atoms with Crippen LogP contribution in [0.4, 0.5) is 5.69 Å². The lowest BCUT2D eigenvalue weighted by molar-refractivity contribution is 0.771. The molecule has 0 bridgehead atoms. The van der Waals surface area contributed by atoms with E-state index in [9.17, 15) is 4.79 Å². The van der Waals surface area contributed by atoms with E-state index in [0.29, 0.717) is 33.4 Å². The number of aryl methyl sites for hydroxylation is 1. The van der Waals surface area contributed by atoms with Crippen LogP contribution < -0.4 is 10.5 Å². The zero-order valence-corrected chi connectivity index (χ0v) is 13.5. The molecule has 22 heavy (non-hydrogen) atoms. The molecule has 1 N–H and O–H groups in total. The van der Waals surface area contributed by atoms with Crippen molar-refractivity contribution in [2.45, 2.75) is 6.54 Å². The van der Waals surface area contributed by atoms with Crippen molar-refractivity contribution in [3.63, 3.8) is 0 Å². The van der Waals surface area contributed by atoms with Crippen molar-refractivity contribution in [2.75, 3.05) is 11.9 Å². The van der Waals surface area contributed by atoms with Crippen LogP contribution >= 0.6 is 23.2 Å². The monoisotopic (exact) mass is 337 g/mol. The smallest absolute Gasteiger partial charge is 0.262 e. The molecule has 0 amide bonds. The minimum Gasteiger partial charge on any atom is -0.366 e. The first-order chi connectivity index (χ1) is 10.5. The van der Waals surface area contributed by atoms with E-state index in [-0.39, 0.29) is 5.56 Å². The lowest BCUT2D eigenvalue weighted by Crippen LogP contribution is -2.22. The normalized spacial score (nSPS) is 11.1. The van der Waals surface area contributed by atoms with Crippen LogP contribution in [0.3, 0.4) is 0 Å². The summed E-state index contributed by atoms with van der Waals surface area (Å²) in [6.45, 7) is 0.385. The van der Waals surface area contributed by atoms with Gasteiger partial charge in [0.05, 0.1) is 28.5 Å². The summed E-state index contributed by atoms with van der Waals surface area (Å²) in [5.41, 5.74) is 1.10. The van der Waals surface area contributed by atoms with Crippen LogP contribution in [-0.4, -0.2) is 26.8 Å². The molecule has 6 nitrogen and oxygen atoms in total. The van der Waals surface area contributed by atoms with Crippen LogP contribution in [0.2, 0.25) is 10.0 Å². The standard InChI is InChI=1S/C14H13Cl2N5O/c1-20(10-5-3-4-9(15)12(10)16)7-11-18-13-8(14(22)19-11)6-17-21(13)2/h3-6H,7H2,1-2H3,(H,18,19,22). The molecular weight excluding hydrogens is 325 g/mol. The number of benzene rings is 1. The van der Waals surface area contributed by atoms with Crippen molar-refractivity contribution >= 4 is 39.9 Å². The van der Waals surface area contributed by atoms with Crippen molar-refractivity contribution < 1.29 is 0 Å². The Hall–Kier alpha value is -2.05. The number of aromatic nitrogens is 4. The van der Waals surface area contributed by atoms with Gasteiger partial charge in [0.1, 0.15) is 11.2 Å². The van der Waals surface area contributed by atoms with Gasteiger partial charge in [0.2, 0.25) is 0 Å². The van der Waals surface area contributed by atoms with E-state index >= 15 is 0 Å². The Morgan fingerprint density at radius 3 is 2.91 bits per heavy atom. The molecule has 0 saturated carbocycles. The summed E-state index contributed by atoms with van der Waals surface area (Å²) in [6.07, 6.45) is 1.50. The minimum absolute atomic E-state index is 0.210. The molecule has 0 atom stereocenters. The van der Waals surface area contributed by atoms with E-state index < -0.39 is 0 Å². The molecule has 8 heteroatoms. The second-order valence-electron chi connectivity index (χ2n) is 4.95. The summed E-state index contributed by atoms with van der Waals surface area (Å²) in [7, 11) is 3.60. The Balaban J connectivity index is 1.97. The molecule has 0 aliphatic heterocycles. The van der Waals surface area contributed by atoms with Gasteiger partial charge in [0.15, 0.2) is 5.65 Å². The molecule has 2 heterocycles. The van der Waals surface area contributed by atoms with Crippen molar-refractivity contribution in [1.82, 2.24) is 19.7 Å². The highest BCUT2D eigenvalue weighted by atomic mass is 35.5. The maximum atomic E-state index is 12.0. The quantitative estimate of drug-likeness (QED) is 0.797. The van der Waals surface area contributed by atoms with E-state index in [1.54, 1.807) is 17.8 Å². The summed E-state index contributed by atoms with van der Waals surface area (Å²) < 4.78 is 1.57. The summed E-state index contributed by atoms with van der Waals surface area (Å²) in [6, 6.07) is 5.40. The number of rotatable bonds is 3. The zero-order chi connectivity index (χ0) is 15.9. The number of anilines is 1. The van der Waals surface area contributed by atoms with Crippen molar-refractivity contribution in [3.05, 3.63) is 50.6 Å². The molecule has 1 aromatic carbocycles. The molecule has 0 spiro atoms. The van der Waals surface area contributed by atoms with Gasteiger partial charge in [-0.1, -0.05) is 29.3 Å². The van der Waals surface area contributed by atoms with E-state index in [2.05, 4.69) is 15.1 Å². The number of H-pyrrole nitrogens is 1. The fourth-order valence-electron chi connectivity index (χ4n) is 2.25. The first kappa shape index (κ1) is 14.9. The number of hydrogen-bond acceptors (Lipinski definition) is 4. The Kier molecular flexibility index (Phi) is 3.80. The Labute approximate surface area is 136 Å². The van der Waals surface area contributed by atoms with Gasteiger partial charge in [-0.15, -0.1) is 0 Å². The van der Waals surface area contributed by atoms with Crippen LogP contribution in [0, 0.1) is 0 Å². The summed E-state index contributed by atoms with van der Waals surface area (Å²) >= 11 is 12.2. The lowest BCUT2D eigenvalue weighted by atomic mass is 10.3. The molecule has 114 valence electrons. The van der Waals surface area contributed by atoms with E-state index in [1.165, 1.54) is 6.20 Å². The molecular formula is C14H13Cl2N5O. The van der Waals surface area contributed by atoms with E-state index in [4.69, 9.17) is 23.2 Å². The van der Waals surface area contributed by atoms with Crippen molar-refractivity contribution in [3.8, 4) is 0 Å². The van der Waals surface area contributed by atoms with Crippen LogP contribution in [0.1, 0.15) is 5.82 Å². The lowest BCUT2D eigenvalue weighted by Gasteiger charge is -2.20. The summed E-state index contributed by atoms with van der Waals surface area (Å²) in [5.74, 6) is 0.527. The van der Waals surface area contributed by atoms with Crippen LogP contribution in [0.25, 0.3) is 11.0 Å². The second kappa shape index (κ2) is 5.62. The Morgan fingerprint density at radius 2 is 2.14 bits per heavy atom. The topological polar surface area (TPSA) is 66.8 Å². The predicted molar refractivity (Wildman–Crippen MR) is 87.7 cm³/mol. The SMILES string of the molecule is CN(Cc1nc2c(cnn2C)c(=O)[nH]1)c1cccc(Cl)c1Cl. The van der Waals surface area contributed by atoms with Gasteiger partial charge in [-0.05, 0) is 12.1 Å². The van der Waals surface area contributed by atoms with Crippen LogP contribution in [0.5, 0.6) is 0 Å². The molecule has 0 fully saturated rings. The minimum atomic E-state index is -0.210. The van der Waals surface area contributed by atoms with Gasteiger partial charge in [-0.3, -0.25) is 9.48 Å². The highest BCUT2D eigenvalue weighted by Gasteiger charge is 2.13. The van der Waals surface area contributed by atoms with Gasteiger partial charge in [0, 0.05) is 14.1 Å². The maximum Gasteiger partial charge on any atom is 0.262 e. The molecule has 3 rings (SSSR count). The third-order valence-electron chi connectivity index (χ3n) is 3.38. The van der Waals surface area contributed by atoms with Crippen LogP contribution in [-0.2, 0) is 13.6 Å². The average molecular weight is 338 g/mol. The first-order valence-corrected chi connectivity index (χ1v) is 7.29. The fraction of sp³-hybridized carbons (Fsp3) is 0.214. The highest BCUT2D eigenvalue weighted by molar-refractivity contribution is 6.43. The Bertz CT molecular complexity index is 902. The van der Waals surface area contributed by atoms with Gasteiger partial charge in [0.25, 0.3) is 5.56 Å². The molecule has 3 aromatic rings. The second-order valence-corrected chi connectivity index (χ2v) is 5.73. The maximum absolute atomic E-state index is 12.0. The van der Waals surface area contributed by atoms with Crippen LogP contribution in [0.15, 0.2) is 29.2 Å². The largest absolute Gasteiger partial charge is 0.366 e. The summed E-state index contributed by atoms with van der Waals surface area (Å²) in [5, 5.41) is 5.46. The number of fused-ring (bicyclic) bond motifs is 1. The van der Waals surface area contributed by atoms with Crippen molar-refractivity contribution in [2.24, 2.45) is 7.05 Å². The zero-order valence-electron chi connectivity index (χ0n) is 12.0. The first-order valence-electron chi connectivity index (χ1n) is 6.53. The van der Waals surface area contributed by atoms with E-state index in [0.717, 1.165) is 5.69 Å². The van der Waals surface area contributed by atoms with Gasteiger partial charge in [-0.25, -0.2) is 4.98 Å². The molecule has 0 aliphatic rings. The van der Waals surface area contributed by atoms with E-state index in [1.807, 2.05) is 24.1 Å². The summed E-state index contributed by atoms with van der Waals surface area (Å²) in [4.78, 5) is 21.1. The fourth-order valence-corrected chi connectivity index (χ4v) is 2.69. The van der Waals surface area contributed by atoms with Crippen molar-refractivity contribution in [1.29, 1.82) is 0 Å². The third kappa shape index (κ3) is 2.55. The molecule has 0 unspecified atom stereocenters. The van der Waals surface area contributed by atoms with Gasteiger partial charge < -0.3 is 9.88 Å². The molecule has 0 radical (unpaired) electrons. The number of hydrogen-bond donors (Lipinski definition) is 1. The molecule has 0 aliphatic carbocycles. The highest BCUT2D eigenvalue weighted by Crippen LogP contribution is 2.32. The number of nitrogens with zero attached hydrogens (tertiary/aromatic N) is 4. The van der Waals surface area contributed by atoms with Gasteiger partial charge in [-0.2, -0.15) is 5.10 Å². The Morgan fingerprint density at radius 1 is 1.36 bits per heavy atom. The molecule has 2 aromatic heterocycles. The number of aromatic amines is 1. The average Bonchev–Trinajstić information content (AvgIpc) is 2.84. The number of halogens is 2. The predicted octanol–water partition coefficient (Wildman–Crippen LogP) is 2.60. The molecule has 0 saturated heterocycles. The third-order valence-corrected chi connectivity index (χ3v) is 4.19. The number of nitrogens with one attached hydrogen (secondary N) is 1.